The van der Waals surface area contributed by atoms with Crippen LogP contribution in [0.15, 0.2) is 35.9 Å². The molecule has 0 atom stereocenters. The van der Waals surface area contributed by atoms with Gasteiger partial charge in [0, 0.05) is 27.8 Å². The Morgan fingerprint density at radius 2 is 1.72 bits per heavy atom. The quantitative estimate of drug-likeness (QED) is 0.364. The van der Waals surface area contributed by atoms with Gasteiger partial charge in [-0.1, -0.05) is 0 Å². The van der Waals surface area contributed by atoms with Gasteiger partial charge in [0.05, 0.1) is 12.2 Å². The Kier molecular flexibility index (Phi) is 7.58. The third-order valence-electron chi connectivity index (χ3n) is 5.14. The first-order chi connectivity index (χ1) is 15.3. The van der Waals surface area contributed by atoms with E-state index in [2.05, 4.69) is 10.6 Å². The van der Waals surface area contributed by atoms with Crippen LogP contribution >= 0.6 is 11.3 Å². The maximum atomic E-state index is 12.7. The molecule has 2 amide bonds. The largest absolute Gasteiger partial charge is 0.462 e. The number of nitrogens with one attached hydrogen (secondary N) is 2. The van der Waals surface area contributed by atoms with Gasteiger partial charge in [-0.15, -0.1) is 11.3 Å². The molecular formula is C24H26N2O5S. The second kappa shape index (κ2) is 10.4. The average Bonchev–Trinajstić information content (AvgIpc) is 3.12. The lowest BCUT2D eigenvalue weighted by Crippen LogP contribution is -2.18. The van der Waals surface area contributed by atoms with Gasteiger partial charge < -0.3 is 15.4 Å². The van der Waals surface area contributed by atoms with E-state index < -0.39 is 17.8 Å². The second-order valence-corrected chi connectivity index (χ2v) is 8.64. The number of ether oxygens (including phenoxy) is 1. The number of Topliss-reactive ketones (excluding diaryl/α,β-unsaturated/α-hetero) is 1. The fourth-order valence-corrected chi connectivity index (χ4v) is 4.78. The second-order valence-electron chi connectivity index (χ2n) is 7.54. The van der Waals surface area contributed by atoms with E-state index in [1.165, 1.54) is 31.3 Å². The molecule has 0 aliphatic heterocycles. The van der Waals surface area contributed by atoms with E-state index in [1.54, 1.807) is 31.2 Å². The molecule has 1 aliphatic carbocycles. The van der Waals surface area contributed by atoms with Gasteiger partial charge in [0.15, 0.2) is 5.78 Å². The van der Waals surface area contributed by atoms with Crippen LogP contribution in [0.3, 0.4) is 0 Å². The van der Waals surface area contributed by atoms with Crippen LogP contribution < -0.4 is 10.6 Å². The van der Waals surface area contributed by atoms with Crippen molar-refractivity contribution in [2.45, 2.75) is 46.5 Å². The minimum atomic E-state index is -0.468. The SMILES string of the molecule is CCOC(=O)c1c(NC(=O)/C(C)=C\C(=O)Nc2ccc(C(C)=O)cc2)sc2c1CCCC2. The molecule has 8 heteroatoms. The summed E-state index contributed by atoms with van der Waals surface area (Å²) in [4.78, 5) is 50.0. The van der Waals surface area contributed by atoms with Crippen LogP contribution in [0.2, 0.25) is 0 Å². The number of carbonyl (C=O) groups is 4. The summed E-state index contributed by atoms with van der Waals surface area (Å²) in [6.07, 6.45) is 4.91. The van der Waals surface area contributed by atoms with E-state index >= 15 is 0 Å². The topological polar surface area (TPSA) is 102 Å². The van der Waals surface area contributed by atoms with Crippen LogP contribution in [-0.4, -0.2) is 30.2 Å². The number of amides is 2. The Hall–Kier alpha value is -3.26. The van der Waals surface area contributed by atoms with Crippen LogP contribution in [0.5, 0.6) is 0 Å². The lowest BCUT2D eigenvalue weighted by molar-refractivity contribution is -0.114. The van der Waals surface area contributed by atoms with Crippen LogP contribution in [0.25, 0.3) is 0 Å². The number of rotatable bonds is 7. The summed E-state index contributed by atoms with van der Waals surface area (Å²) < 4.78 is 5.21. The van der Waals surface area contributed by atoms with Crippen molar-refractivity contribution in [3.8, 4) is 0 Å². The Labute approximate surface area is 190 Å². The predicted molar refractivity (Wildman–Crippen MR) is 124 cm³/mol. The molecule has 0 spiro atoms. The lowest BCUT2D eigenvalue weighted by Gasteiger charge is -2.12. The van der Waals surface area contributed by atoms with E-state index in [0.717, 1.165) is 36.1 Å². The predicted octanol–water partition coefficient (Wildman–Crippen LogP) is 4.53. The first kappa shape index (κ1) is 23.4. The smallest absolute Gasteiger partial charge is 0.341 e. The lowest BCUT2D eigenvalue weighted by atomic mass is 9.95. The summed E-state index contributed by atoms with van der Waals surface area (Å²) in [5.41, 5.74) is 2.65. The molecule has 0 bridgehead atoms. The van der Waals surface area contributed by atoms with E-state index in [4.69, 9.17) is 4.74 Å². The number of anilines is 2. The highest BCUT2D eigenvalue weighted by atomic mass is 32.1. The van der Waals surface area contributed by atoms with Crippen molar-refractivity contribution in [3.05, 3.63) is 57.5 Å². The Bertz CT molecular complexity index is 1080. The molecule has 168 valence electrons. The van der Waals surface area contributed by atoms with E-state index in [1.807, 2.05) is 0 Å². The van der Waals surface area contributed by atoms with Crippen molar-refractivity contribution in [2.75, 3.05) is 17.2 Å². The Morgan fingerprint density at radius 1 is 1.03 bits per heavy atom. The number of carbonyl (C=O) groups excluding carboxylic acids is 4. The fourth-order valence-electron chi connectivity index (χ4n) is 3.50. The van der Waals surface area contributed by atoms with Gasteiger partial charge in [0.25, 0.3) is 5.91 Å². The van der Waals surface area contributed by atoms with E-state index in [9.17, 15) is 19.2 Å². The average molecular weight is 455 g/mol. The number of ketones is 1. The summed E-state index contributed by atoms with van der Waals surface area (Å²) in [5, 5.41) is 5.92. The van der Waals surface area contributed by atoms with Crippen LogP contribution in [0.1, 0.15) is 64.8 Å². The normalized spacial score (nSPS) is 13.2. The molecule has 0 saturated heterocycles. The van der Waals surface area contributed by atoms with Gasteiger partial charge in [-0.2, -0.15) is 0 Å². The fraction of sp³-hybridized carbons (Fsp3) is 0.333. The number of fused-ring (bicyclic) bond motifs is 1. The molecule has 2 aromatic rings. The zero-order valence-corrected chi connectivity index (χ0v) is 19.2. The van der Waals surface area contributed by atoms with Crippen molar-refractivity contribution in [1.82, 2.24) is 0 Å². The van der Waals surface area contributed by atoms with Crippen LogP contribution in [0, 0.1) is 0 Å². The highest BCUT2D eigenvalue weighted by Gasteiger charge is 2.27. The maximum Gasteiger partial charge on any atom is 0.341 e. The first-order valence-electron chi connectivity index (χ1n) is 10.5. The minimum absolute atomic E-state index is 0.0623. The summed E-state index contributed by atoms with van der Waals surface area (Å²) in [7, 11) is 0. The van der Waals surface area contributed by atoms with Gasteiger partial charge in [0.1, 0.15) is 5.00 Å². The number of hydrogen-bond donors (Lipinski definition) is 2. The zero-order valence-electron chi connectivity index (χ0n) is 18.4. The van der Waals surface area contributed by atoms with Gasteiger partial charge in [-0.05, 0) is 76.3 Å². The number of esters is 1. The molecule has 7 nitrogen and oxygen atoms in total. The third-order valence-corrected chi connectivity index (χ3v) is 6.35. The van der Waals surface area contributed by atoms with Crippen molar-refractivity contribution in [3.63, 3.8) is 0 Å². The van der Waals surface area contributed by atoms with Crippen molar-refractivity contribution in [1.29, 1.82) is 0 Å². The van der Waals surface area contributed by atoms with Gasteiger partial charge in [0.2, 0.25) is 5.91 Å². The highest BCUT2D eigenvalue weighted by Crippen LogP contribution is 2.38. The van der Waals surface area contributed by atoms with Crippen LogP contribution in [-0.2, 0) is 27.2 Å². The third kappa shape index (κ3) is 5.50. The molecule has 0 saturated carbocycles. The molecule has 1 heterocycles. The van der Waals surface area contributed by atoms with Crippen molar-refractivity contribution in [2.24, 2.45) is 0 Å². The summed E-state index contributed by atoms with van der Waals surface area (Å²) in [6.45, 7) is 5.00. The van der Waals surface area contributed by atoms with Gasteiger partial charge in [-0.25, -0.2) is 4.79 Å². The summed E-state index contributed by atoms with van der Waals surface area (Å²) in [5.74, 6) is -1.43. The summed E-state index contributed by atoms with van der Waals surface area (Å²) >= 11 is 1.40. The van der Waals surface area contributed by atoms with E-state index in [-0.39, 0.29) is 18.0 Å². The Morgan fingerprint density at radius 3 is 2.38 bits per heavy atom. The standard InChI is InChI=1S/C24H26N2O5S/c1-4-31-24(30)21-18-7-5-6-8-19(18)32-23(21)26-22(29)14(2)13-20(28)25-17-11-9-16(10-12-17)15(3)27/h9-13H,4-8H2,1-3H3,(H,25,28)(H,26,29)/b14-13-. The zero-order chi connectivity index (χ0) is 23.3. The highest BCUT2D eigenvalue weighted by molar-refractivity contribution is 7.17. The minimum Gasteiger partial charge on any atom is -0.462 e. The molecule has 0 radical (unpaired) electrons. The summed E-state index contributed by atoms with van der Waals surface area (Å²) in [6, 6.07) is 6.49. The first-order valence-corrected chi connectivity index (χ1v) is 11.3. The van der Waals surface area contributed by atoms with Gasteiger partial charge >= 0.3 is 5.97 Å². The molecule has 1 aromatic heterocycles. The number of thiophene rings is 1. The van der Waals surface area contributed by atoms with Crippen LogP contribution in [0.4, 0.5) is 10.7 Å². The molecule has 32 heavy (non-hydrogen) atoms. The van der Waals surface area contributed by atoms with Crippen molar-refractivity contribution < 1.29 is 23.9 Å². The molecule has 0 unspecified atom stereocenters. The molecular weight excluding hydrogens is 428 g/mol. The molecule has 2 N–H and O–H groups in total. The Balaban J connectivity index is 1.72. The number of aryl methyl sites for hydroxylation is 1. The number of hydrogen-bond acceptors (Lipinski definition) is 6. The maximum absolute atomic E-state index is 12.7. The molecule has 1 aromatic carbocycles. The van der Waals surface area contributed by atoms with E-state index in [0.29, 0.717) is 21.8 Å². The monoisotopic (exact) mass is 454 g/mol. The number of benzene rings is 1. The van der Waals surface area contributed by atoms with Crippen molar-refractivity contribution >= 4 is 45.6 Å². The molecule has 0 fully saturated rings. The molecule has 3 rings (SSSR count). The van der Waals surface area contributed by atoms with Gasteiger partial charge in [-0.3, -0.25) is 14.4 Å². The molecule has 1 aliphatic rings.